The van der Waals surface area contributed by atoms with Crippen LogP contribution in [-0.4, -0.2) is 19.9 Å². The molecule has 0 saturated heterocycles. The van der Waals surface area contributed by atoms with Gasteiger partial charge in [0, 0.05) is 80.7 Å². The SMILES string of the molecule is C[n+]1ccc(-c2c3nc(c(-c4cc[n+](C)cc4)c4ccc([nH]4)c(-c4ccccc4)c4ccc([nH]4)c(-c4cc[n+](C)cc4)c4nc2C=C4)C=C3)cc1.[Cl-].[Cl-].[Cl-]. The van der Waals surface area contributed by atoms with E-state index in [-0.39, 0.29) is 37.2 Å². The second-order valence-corrected chi connectivity index (χ2v) is 13.1. The van der Waals surface area contributed by atoms with Gasteiger partial charge in [0.25, 0.3) is 0 Å². The van der Waals surface area contributed by atoms with Crippen molar-refractivity contribution < 1.29 is 50.9 Å². The second kappa shape index (κ2) is 15.6. The van der Waals surface area contributed by atoms with E-state index >= 15 is 0 Å². The molecule has 2 aliphatic heterocycles. The Hall–Kier alpha value is -5.86. The Bertz CT molecular complexity index is 2550. The molecule has 8 bridgehead atoms. The van der Waals surface area contributed by atoms with Crippen LogP contribution in [0.1, 0.15) is 22.8 Å². The standard InChI is InChI=1S/C44H35N7.3ClH/c1-49-23-17-30(18-24-49)42-35-11-9-33(45-35)41(29-7-5-4-6-8-29)34-10-12-36(46-34)43(31-19-25-50(2)26-20-31)38-14-16-40(48-38)44(39-15-13-37(42)47-39)32-21-27-51(3)28-22-32;;;/h4-28H,1-3H3,(H,45,46,47,48);3*1H/q+2;;;/p-2. The molecule has 268 valence electrons. The number of aromatic nitrogens is 7. The smallest absolute Gasteiger partial charge is 0.169 e. The normalized spacial score (nSPS) is 11.4. The van der Waals surface area contributed by atoms with Gasteiger partial charge in [0.2, 0.25) is 0 Å². The highest BCUT2D eigenvalue weighted by Gasteiger charge is 2.20. The van der Waals surface area contributed by atoms with Gasteiger partial charge < -0.3 is 47.2 Å². The lowest BCUT2D eigenvalue weighted by Gasteiger charge is -2.06. The first-order chi connectivity index (χ1) is 25.0. The third-order valence-corrected chi connectivity index (χ3v) is 9.62. The minimum absolute atomic E-state index is 0. The summed E-state index contributed by atoms with van der Waals surface area (Å²) in [6, 6.07) is 32.1. The summed E-state index contributed by atoms with van der Waals surface area (Å²) in [5.74, 6) is 0. The van der Waals surface area contributed by atoms with Crippen LogP contribution in [0.4, 0.5) is 0 Å². The summed E-state index contributed by atoms with van der Waals surface area (Å²) in [7, 11) is 6.10. The van der Waals surface area contributed by atoms with Gasteiger partial charge in [0.05, 0.1) is 22.8 Å². The van der Waals surface area contributed by atoms with E-state index < -0.39 is 0 Å². The number of hydrogen-bond acceptors (Lipinski definition) is 2. The zero-order valence-electron chi connectivity index (χ0n) is 29.8. The van der Waals surface area contributed by atoms with Crippen molar-refractivity contribution in [3.8, 4) is 44.5 Å². The van der Waals surface area contributed by atoms with Crippen LogP contribution in [0.25, 0.3) is 90.9 Å². The van der Waals surface area contributed by atoms with Gasteiger partial charge in [-0.15, -0.1) is 0 Å². The molecule has 7 aromatic rings. The van der Waals surface area contributed by atoms with Crippen molar-refractivity contribution in [1.82, 2.24) is 19.9 Å². The Kier molecular flexibility index (Phi) is 11.0. The highest BCUT2D eigenvalue weighted by molar-refractivity contribution is 6.00. The van der Waals surface area contributed by atoms with Gasteiger partial charge in [-0.2, -0.15) is 0 Å². The molecule has 6 aromatic heterocycles. The molecule has 7 nitrogen and oxygen atoms in total. The molecule has 54 heavy (non-hydrogen) atoms. The molecular weight excluding hydrogens is 733 g/mol. The Balaban J connectivity index is 0.00000166. The fraction of sp³-hybridized carbons (Fsp3) is 0.0682. The third kappa shape index (κ3) is 6.97. The molecule has 8 heterocycles. The topological polar surface area (TPSA) is 69.0 Å². The molecule has 10 heteroatoms. The maximum absolute atomic E-state index is 5.37. The van der Waals surface area contributed by atoms with Crippen LogP contribution in [-0.2, 0) is 21.1 Å². The Morgan fingerprint density at radius 2 is 0.648 bits per heavy atom. The van der Waals surface area contributed by atoms with Crippen LogP contribution in [0.5, 0.6) is 0 Å². The molecule has 0 radical (unpaired) electrons. The van der Waals surface area contributed by atoms with Gasteiger partial charge in [0.1, 0.15) is 21.1 Å². The molecule has 0 saturated carbocycles. The lowest BCUT2D eigenvalue weighted by Crippen LogP contribution is -3.00. The summed E-state index contributed by atoms with van der Waals surface area (Å²) in [4.78, 5) is 18.4. The highest BCUT2D eigenvalue weighted by Crippen LogP contribution is 2.38. The number of hydrogen-bond donors (Lipinski definition) is 2. The van der Waals surface area contributed by atoms with Crippen LogP contribution >= 0.6 is 0 Å². The van der Waals surface area contributed by atoms with Crippen molar-refractivity contribution in [1.29, 1.82) is 0 Å². The number of nitrogens with zero attached hydrogens (tertiary/aromatic N) is 5. The van der Waals surface area contributed by atoms with Crippen LogP contribution in [0.15, 0.2) is 128 Å². The molecule has 1 aromatic carbocycles. The van der Waals surface area contributed by atoms with Gasteiger partial charge in [-0.1, -0.05) is 30.3 Å². The summed E-state index contributed by atoms with van der Waals surface area (Å²) in [6.07, 6.45) is 21.0. The summed E-state index contributed by atoms with van der Waals surface area (Å²) in [5, 5.41) is 0. The van der Waals surface area contributed by atoms with E-state index in [1.165, 1.54) is 0 Å². The van der Waals surface area contributed by atoms with Crippen molar-refractivity contribution in [2.24, 2.45) is 21.1 Å². The van der Waals surface area contributed by atoms with Crippen LogP contribution in [0.2, 0.25) is 0 Å². The van der Waals surface area contributed by atoms with E-state index in [1.54, 1.807) is 0 Å². The average Bonchev–Trinajstić information content (AvgIpc) is 3.99. The molecule has 0 atom stereocenters. The maximum Gasteiger partial charge on any atom is 0.169 e. The lowest BCUT2D eigenvalue weighted by molar-refractivity contribution is -0.671. The minimum atomic E-state index is 0. The molecule has 0 aliphatic carbocycles. The molecule has 0 amide bonds. The van der Waals surface area contributed by atoms with E-state index in [9.17, 15) is 0 Å². The lowest BCUT2D eigenvalue weighted by atomic mass is 10.0. The quantitative estimate of drug-likeness (QED) is 0.222. The Morgan fingerprint density at radius 3 is 1.02 bits per heavy atom. The number of H-pyrrole nitrogens is 2. The number of pyridine rings is 3. The predicted molar refractivity (Wildman–Crippen MR) is 204 cm³/mol. The molecule has 2 aliphatic rings. The van der Waals surface area contributed by atoms with Crippen LogP contribution in [0.3, 0.4) is 0 Å². The maximum atomic E-state index is 5.37. The largest absolute Gasteiger partial charge is 1.00 e. The summed E-state index contributed by atoms with van der Waals surface area (Å²) in [5.41, 5.74) is 15.9. The van der Waals surface area contributed by atoms with Gasteiger partial charge in [0.15, 0.2) is 37.2 Å². The molecule has 0 spiro atoms. The number of aromatic amines is 2. The van der Waals surface area contributed by atoms with Gasteiger partial charge in [-0.05, 0) is 70.8 Å². The number of rotatable bonds is 4. The van der Waals surface area contributed by atoms with Gasteiger partial charge in [-0.3, -0.25) is 0 Å². The Morgan fingerprint density at radius 1 is 0.352 bits per heavy atom. The van der Waals surface area contributed by atoms with Crippen molar-refractivity contribution >= 4 is 46.4 Å². The van der Waals surface area contributed by atoms with E-state index in [0.717, 1.165) is 89.4 Å². The van der Waals surface area contributed by atoms with Crippen molar-refractivity contribution in [3.05, 3.63) is 151 Å². The zero-order chi connectivity index (χ0) is 34.5. The molecule has 9 rings (SSSR count). The number of nitrogens with one attached hydrogen (secondary N) is 2. The van der Waals surface area contributed by atoms with E-state index in [0.29, 0.717) is 0 Å². The second-order valence-electron chi connectivity index (χ2n) is 13.1. The van der Waals surface area contributed by atoms with Gasteiger partial charge in [-0.25, -0.2) is 23.7 Å². The fourth-order valence-corrected chi connectivity index (χ4v) is 7.03. The number of aryl methyl sites for hydroxylation is 3. The molecule has 0 fully saturated rings. The van der Waals surface area contributed by atoms with Crippen molar-refractivity contribution in [2.75, 3.05) is 0 Å². The molecular formula is C44H36Cl3N7. The summed E-state index contributed by atoms with van der Waals surface area (Å²) in [6.45, 7) is 0. The third-order valence-electron chi connectivity index (χ3n) is 9.62. The van der Waals surface area contributed by atoms with E-state index in [2.05, 4.69) is 162 Å². The minimum Gasteiger partial charge on any atom is -1.00 e. The first-order valence-corrected chi connectivity index (χ1v) is 17.1. The van der Waals surface area contributed by atoms with E-state index in [1.807, 2.05) is 34.8 Å². The number of benzene rings is 1. The molecule has 0 unspecified atom stereocenters. The van der Waals surface area contributed by atoms with Crippen LogP contribution < -0.4 is 50.9 Å². The number of halogens is 3. The van der Waals surface area contributed by atoms with Crippen LogP contribution in [0, 0.1) is 0 Å². The highest BCUT2D eigenvalue weighted by atomic mass is 35.5. The first kappa shape index (κ1) is 37.9. The predicted octanol–water partition coefficient (Wildman–Crippen LogP) is -1.19. The monoisotopic (exact) mass is 767 g/mol. The zero-order valence-corrected chi connectivity index (χ0v) is 32.1. The fourth-order valence-electron chi connectivity index (χ4n) is 7.03. The van der Waals surface area contributed by atoms with Gasteiger partial charge >= 0.3 is 0 Å². The summed E-state index contributed by atoms with van der Waals surface area (Å²) < 4.78 is 6.14. The van der Waals surface area contributed by atoms with E-state index in [4.69, 9.17) is 9.97 Å². The van der Waals surface area contributed by atoms with Crippen molar-refractivity contribution in [3.63, 3.8) is 0 Å². The average molecular weight is 769 g/mol. The summed E-state index contributed by atoms with van der Waals surface area (Å²) >= 11 is 0. The van der Waals surface area contributed by atoms with Crippen molar-refractivity contribution in [2.45, 2.75) is 0 Å². The Labute approximate surface area is 332 Å². The molecule has 2 N–H and O–H groups in total. The first-order valence-electron chi connectivity index (χ1n) is 17.1. The number of fused-ring (bicyclic) bond motifs is 8.